The van der Waals surface area contributed by atoms with E-state index in [1.165, 1.54) is 44.6 Å². The maximum atomic E-state index is 12.1. The number of benzene rings is 2. The van der Waals surface area contributed by atoms with E-state index in [0.29, 0.717) is 15.6 Å². The lowest BCUT2D eigenvalue weighted by Gasteiger charge is -2.11. The molecule has 6 nitrogen and oxygen atoms in total. The maximum Gasteiger partial charge on any atom is 0.271 e. The minimum atomic E-state index is -3.62. The van der Waals surface area contributed by atoms with Gasteiger partial charge in [-0.25, -0.2) is 18.1 Å². The molecule has 2 rings (SSSR count). The van der Waals surface area contributed by atoms with E-state index in [4.69, 9.17) is 23.2 Å². The lowest BCUT2D eigenvalue weighted by atomic mass is 10.2. The van der Waals surface area contributed by atoms with Crippen LogP contribution in [-0.4, -0.2) is 38.9 Å². The molecular formula is C16H15Cl2N3O3S. The summed E-state index contributed by atoms with van der Waals surface area (Å²) in [5.74, 6) is -0.551. The fraction of sp³-hybridized carbons (Fsp3) is 0.125. The molecule has 2 aromatic carbocycles. The van der Waals surface area contributed by atoms with Gasteiger partial charge in [-0.3, -0.25) is 4.79 Å². The summed E-state index contributed by atoms with van der Waals surface area (Å²) in [4.78, 5) is 12.2. The number of hydrogen-bond donors (Lipinski definition) is 1. The number of nitrogens with zero attached hydrogens (tertiary/aromatic N) is 2. The van der Waals surface area contributed by atoms with Gasteiger partial charge >= 0.3 is 0 Å². The van der Waals surface area contributed by atoms with Gasteiger partial charge in [0.25, 0.3) is 5.91 Å². The van der Waals surface area contributed by atoms with Crippen molar-refractivity contribution in [1.29, 1.82) is 0 Å². The third-order valence-corrected chi connectivity index (χ3v) is 5.87. The number of carbonyl (C=O) groups excluding carboxylic acids is 1. The molecule has 2 aromatic rings. The van der Waals surface area contributed by atoms with Gasteiger partial charge < -0.3 is 0 Å². The average Bonchev–Trinajstić information content (AvgIpc) is 2.58. The van der Waals surface area contributed by atoms with Gasteiger partial charge in [0, 0.05) is 25.2 Å². The number of amides is 1. The first-order chi connectivity index (χ1) is 11.7. The van der Waals surface area contributed by atoms with E-state index in [0.717, 1.165) is 4.31 Å². The normalized spacial score (nSPS) is 11.9. The first-order valence-corrected chi connectivity index (χ1v) is 9.23. The van der Waals surface area contributed by atoms with Crippen LogP contribution in [-0.2, 0) is 10.0 Å². The summed E-state index contributed by atoms with van der Waals surface area (Å²) in [6.07, 6.45) is 1.35. The fourth-order valence-electron chi connectivity index (χ4n) is 1.85. The molecule has 0 saturated heterocycles. The van der Waals surface area contributed by atoms with Crippen LogP contribution in [0.2, 0.25) is 10.0 Å². The van der Waals surface area contributed by atoms with Crippen LogP contribution in [0.15, 0.2) is 52.5 Å². The molecule has 0 unspecified atom stereocenters. The second-order valence-electron chi connectivity index (χ2n) is 5.16. The van der Waals surface area contributed by atoms with Gasteiger partial charge in [0.15, 0.2) is 0 Å². The van der Waals surface area contributed by atoms with Crippen LogP contribution < -0.4 is 5.43 Å². The molecule has 9 heteroatoms. The van der Waals surface area contributed by atoms with Crippen molar-refractivity contribution >= 4 is 45.3 Å². The van der Waals surface area contributed by atoms with Gasteiger partial charge in [-0.2, -0.15) is 5.10 Å². The predicted octanol–water partition coefficient (Wildman–Crippen LogP) is 3.01. The molecule has 0 spiro atoms. The highest BCUT2D eigenvalue weighted by Crippen LogP contribution is 2.24. The molecule has 25 heavy (non-hydrogen) atoms. The Morgan fingerprint density at radius 3 is 2.52 bits per heavy atom. The third-order valence-electron chi connectivity index (χ3n) is 3.23. The van der Waals surface area contributed by atoms with Gasteiger partial charge in [-0.1, -0.05) is 41.4 Å². The van der Waals surface area contributed by atoms with Crippen molar-refractivity contribution < 1.29 is 13.2 Å². The van der Waals surface area contributed by atoms with Crippen LogP contribution in [0.3, 0.4) is 0 Å². The molecule has 1 N–H and O–H groups in total. The van der Waals surface area contributed by atoms with Crippen molar-refractivity contribution in [2.45, 2.75) is 4.90 Å². The van der Waals surface area contributed by atoms with Crippen molar-refractivity contribution in [1.82, 2.24) is 9.73 Å². The minimum absolute atomic E-state index is 0.0204. The number of hydrogen-bond acceptors (Lipinski definition) is 4. The van der Waals surface area contributed by atoms with Crippen molar-refractivity contribution in [3.05, 3.63) is 63.6 Å². The predicted molar refractivity (Wildman–Crippen MR) is 98.8 cm³/mol. The average molecular weight is 400 g/mol. The molecule has 0 aliphatic heterocycles. The summed E-state index contributed by atoms with van der Waals surface area (Å²) in [7, 11) is -0.788. The topological polar surface area (TPSA) is 78.8 Å². The molecule has 0 radical (unpaired) electrons. The van der Waals surface area contributed by atoms with Gasteiger partial charge in [0.05, 0.1) is 21.2 Å². The summed E-state index contributed by atoms with van der Waals surface area (Å²) in [6.45, 7) is 0. The summed E-state index contributed by atoms with van der Waals surface area (Å²) in [5, 5.41) is 4.51. The Morgan fingerprint density at radius 1 is 1.16 bits per heavy atom. The number of hydrazone groups is 1. The summed E-state index contributed by atoms with van der Waals surface area (Å²) in [5.41, 5.74) is 3.03. The monoisotopic (exact) mass is 399 g/mol. The quantitative estimate of drug-likeness (QED) is 0.619. The molecule has 0 aromatic heterocycles. The maximum absolute atomic E-state index is 12.1. The summed E-state index contributed by atoms with van der Waals surface area (Å²) < 4.78 is 25.3. The lowest BCUT2D eigenvalue weighted by Crippen LogP contribution is -2.23. The zero-order chi connectivity index (χ0) is 18.6. The number of sulfonamides is 1. The van der Waals surface area contributed by atoms with Crippen molar-refractivity contribution in [3.63, 3.8) is 0 Å². The SMILES string of the molecule is CN(C)S(=O)(=O)c1cccc(C(=O)N/N=C\c2cccc(Cl)c2Cl)c1. The van der Waals surface area contributed by atoms with E-state index in [1.807, 2.05) is 0 Å². The Kier molecular flexibility index (Phi) is 6.18. The van der Waals surface area contributed by atoms with Gasteiger partial charge in [0.1, 0.15) is 0 Å². The molecule has 0 atom stereocenters. The zero-order valence-corrected chi connectivity index (χ0v) is 15.7. The van der Waals surface area contributed by atoms with E-state index in [1.54, 1.807) is 18.2 Å². The molecule has 0 saturated carbocycles. The van der Waals surface area contributed by atoms with Crippen molar-refractivity contribution in [2.24, 2.45) is 5.10 Å². The summed E-state index contributed by atoms with van der Waals surface area (Å²) in [6, 6.07) is 10.7. The van der Waals surface area contributed by atoms with Gasteiger partial charge in [-0.15, -0.1) is 0 Å². The third kappa shape index (κ3) is 4.58. The van der Waals surface area contributed by atoms with Crippen LogP contribution in [0.25, 0.3) is 0 Å². The molecule has 1 amide bonds. The van der Waals surface area contributed by atoms with E-state index < -0.39 is 15.9 Å². The summed E-state index contributed by atoms with van der Waals surface area (Å²) >= 11 is 11.9. The Balaban J connectivity index is 2.17. The van der Waals surface area contributed by atoms with Crippen LogP contribution >= 0.6 is 23.2 Å². The number of carbonyl (C=O) groups is 1. The van der Waals surface area contributed by atoms with Crippen LogP contribution in [0.5, 0.6) is 0 Å². The number of rotatable bonds is 5. The van der Waals surface area contributed by atoms with Crippen molar-refractivity contribution in [3.8, 4) is 0 Å². The molecule has 0 bridgehead atoms. The van der Waals surface area contributed by atoms with Gasteiger partial charge in [-0.05, 0) is 24.3 Å². The second kappa shape index (κ2) is 7.97. The molecule has 0 aliphatic rings. The Bertz CT molecular complexity index is 928. The van der Waals surface area contributed by atoms with Crippen LogP contribution in [0.1, 0.15) is 15.9 Å². The number of nitrogens with one attached hydrogen (secondary N) is 1. The molecule has 0 heterocycles. The molecule has 0 fully saturated rings. The molecule has 0 aliphatic carbocycles. The Labute approximate surface area is 156 Å². The standard InChI is InChI=1S/C16H15Cl2N3O3S/c1-21(2)25(23,24)13-7-3-5-11(9-13)16(22)20-19-10-12-6-4-8-14(17)15(12)18/h3-10H,1-2H3,(H,20,22)/b19-10-. The van der Waals surface area contributed by atoms with E-state index >= 15 is 0 Å². The first kappa shape index (κ1) is 19.4. The van der Waals surface area contributed by atoms with Crippen molar-refractivity contribution in [2.75, 3.05) is 14.1 Å². The highest BCUT2D eigenvalue weighted by molar-refractivity contribution is 7.89. The highest BCUT2D eigenvalue weighted by Gasteiger charge is 2.18. The lowest BCUT2D eigenvalue weighted by molar-refractivity contribution is 0.0955. The van der Waals surface area contributed by atoms with E-state index in [-0.39, 0.29) is 10.5 Å². The van der Waals surface area contributed by atoms with Crippen LogP contribution in [0, 0.1) is 0 Å². The first-order valence-electron chi connectivity index (χ1n) is 7.03. The zero-order valence-electron chi connectivity index (χ0n) is 13.4. The van der Waals surface area contributed by atoms with Crippen LogP contribution in [0.4, 0.5) is 0 Å². The van der Waals surface area contributed by atoms with E-state index in [2.05, 4.69) is 10.5 Å². The minimum Gasteiger partial charge on any atom is -0.267 e. The largest absolute Gasteiger partial charge is 0.271 e. The Morgan fingerprint density at radius 2 is 1.84 bits per heavy atom. The molecular weight excluding hydrogens is 385 g/mol. The Hall–Kier alpha value is -1.93. The fourth-order valence-corrected chi connectivity index (χ4v) is 3.16. The smallest absolute Gasteiger partial charge is 0.267 e. The molecule has 132 valence electrons. The second-order valence-corrected chi connectivity index (χ2v) is 8.09. The highest BCUT2D eigenvalue weighted by atomic mass is 35.5. The number of halogens is 2. The van der Waals surface area contributed by atoms with E-state index in [9.17, 15) is 13.2 Å². The van der Waals surface area contributed by atoms with Gasteiger partial charge in [0.2, 0.25) is 10.0 Å².